The molecule has 0 radical (unpaired) electrons. The number of amides is 4. The molecule has 4 amide bonds. The van der Waals surface area contributed by atoms with Gasteiger partial charge in [0.1, 0.15) is 40.5 Å². The maximum atomic E-state index is 14.4. The number of carbonyl (C=O) groups is 8. The fourth-order valence-electron chi connectivity index (χ4n) is 6.73. The molecule has 0 fully saturated rings. The Morgan fingerprint density at radius 2 is 0.987 bits per heavy atom. The first-order chi connectivity index (χ1) is 34.8. The van der Waals surface area contributed by atoms with Crippen molar-refractivity contribution in [2.45, 2.75) is 240 Å². The van der Waals surface area contributed by atoms with Crippen LogP contribution in [0, 0.1) is 5.95 Å². The number of halogens is 1. The number of esters is 4. The molecule has 434 valence electrons. The number of rotatable bonds is 32. The molecule has 1 heterocycles. The summed E-state index contributed by atoms with van der Waals surface area (Å²) >= 11 is 0. The van der Waals surface area contributed by atoms with Crippen LogP contribution in [0.25, 0.3) is 0 Å². The van der Waals surface area contributed by atoms with Crippen molar-refractivity contribution >= 4 is 55.3 Å². The molecular weight excluding hydrogens is 1010 g/mol. The molecule has 0 aliphatic rings. The van der Waals surface area contributed by atoms with Crippen molar-refractivity contribution < 1.29 is 75.3 Å². The summed E-state index contributed by atoms with van der Waals surface area (Å²) in [6.45, 7) is 25.5. The van der Waals surface area contributed by atoms with E-state index in [9.17, 15) is 47.3 Å². The SMILES string of the molecule is CC(C)(C)OC(=O)CC[C@H](NP(=O)(OCCC[C@H](NC(=O)CC[C@H](NC(=O)CCCCCNC(=O)CCCCCNC(=O)c1ccc(F)nc1)C(=O)OC(C)(C)C)C(=O)OC(C)(C)C)OC(C)(C)C)C(=O)OC(C)(C)C. The van der Waals surface area contributed by atoms with E-state index < -0.39 is 95.5 Å². The molecule has 0 spiro atoms. The minimum Gasteiger partial charge on any atom is -0.460 e. The second-order valence-electron chi connectivity index (χ2n) is 23.5. The molecule has 1 unspecified atom stereocenters. The summed E-state index contributed by atoms with van der Waals surface area (Å²) in [5.74, 6) is -5.13. The van der Waals surface area contributed by atoms with Crippen molar-refractivity contribution in [2.75, 3.05) is 19.7 Å². The number of ether oxygens (including phenoxy) is 4. The van der Waals surface area contributed by atoms with Crippen molar-refractivity contribution in [2.24, 2.45) is 0 Å². The summed E-state index contributed by atoms with van der Waals surface area (Å²) in [5, 5.41) is 13.6. The molecule has 1 rings (SSSR count). The fraction of sp³-hybridized carbons (Fsp3) is 0.755. The van der Waals surface area contributed by atoms with Gasteiger partial charge in [0.05, 0.1) is 17.8 Å². The highest BCUT2D eigenvalue weighted by Crippen LogP contribution is 2.48. The average molecular weight is 1100 g/mol. The molecule has 1 aromatic heterocycles. The molecule has 0 aliphatic heterocycles. The number of nitrogens with zero attached hydrogens (tertiary/aromatic N) is 1. The third-order valence-corrected chi connectivity index (χ3v) is 11.8. The lowest BCUT2D eigenvalue weighted by Crippen LogP contribution is -2.46. The molecule has 4 atom stereocenters. The Morgan fingerprint density at radius 3 is 1.47 bits per heavy atom. The summed E-state index contributed by atoms with van der Waals surface area (Å²) in [6, 6.07) is -1.29. The topological polar surface area (TPSA) is 282 Å². The van der Waals surface area contributed by atoms with Crippen LogP contribution < -0.4 is 26.4 Å². The zero-order valence-electron chi connectivity index (χ0n) is 47.9. The summed E-state index contributed by atoms with van der Waals surface area (Å²) in [7, 11) is -4.37. The number of pyridine rings is 1. The first kappa shape index (κ1) is 69.0. The largest absolute Gasteiger partial charge is 0.460 e. The van der Waals surface area contributed by atoms with Crippen molar-refractivity contribution in [1.82, 2.24) is 31.3 Å². The van der Waals surface area contributed by atoms with E-state index >= 15 is 0 Å². The van der Waals surface area contributed by atoms with Crippen molar-refractivity contribution in [3.8, 4) is 0 Å². The zero-order valence-corrected chi connectivity index (χ0v) is 48.8. The third kappa shape index (κ3) is 34.6. The van der Waals surface area contributed by atoms with E-state index in [2.05, 4.69) is 31.3 Å². The Labute approximate surface area is 450 Å². The molecule has 76 heavy (non-hydrogen) atoms. The van der Waals surface area contributed by atoms with Crippen LogP contribution in [0.5, 0.6) is 0 Å². The number of nitrogens with one attached hydrogen (secondary N) is 5. The van der Waals surface area contributed by atoms with Crippen LogP contribution in [0.3, 0.4) is 0 Å². The second-order valence-corrected chi connectivity index (χ2v) is 25.2. The summed E-state index contributed by atoms with van der Waals surface area (Å²) in [5.41, 5.74) is -4.36. The van der Waals surface area contributed by atoms with E-state index in [-0.39, 0.29) is 68.9 Å². The van der Waals surface area contributed by atoms with E-state index in [4.69, 9.17) is 28.0 Å². The Kier molecular flexibility index (Phi) is 29.0. The number of carbonyl (C=O) groups excluding carboxylic acids is 8. The predicted octanol–water partition coefficient (Wildman–Crippen LogP) is 7.76. The molecule has 1 aromatic rings. The molecule has 23 heteroatoms. The predicted molar refractivity (Wildman–Crippen MR) is 283 cm³/mol. The number of aromatic nitrogens is 1. The van der Waals surface area contributed by atoms with Crippen LogP contribution >= 0.6 is 7.75 Å². The number of hydrogen-bond acceptors (Lipinski definition) is 16. The quantitative estimate of drug-likeness (QED) is 0.0151. The Morgan fingerprint density at radius 1 is 0.526 bits per heavy atom. The fourth-order valence-corrected chi connectivity index (χ4v) is 8.62. The Hall–Kier alpha value is -5.05. The molecule has 0 saturated carbocycles. The molecule has 21 nitrogen and oxygen atoms in total. The summed E-state index contributed by atoms with van der Waals surface area (Å²) in [6.07, 6.45) is 4.29. The lowest BCUT2D eigenvalue weighted by Gasteiger charge is -2.31. The van der Waals surface area contributed by atoms with Crippen LogP contribution in [-0.2, 0) is 66.1 Å². The van der Waals surface area contributed by atoms with Gasteiger partial charge in [0, 0.05) is 45.0 Å². The molecule has 0 aliphatic carbocycles. The van der Waals surface area contributed by atoms with Crippen LogP contribution in [-0.4, -0.2) is 118 Å². The van der Waals surface area contributed by atoms with Crippen molar-refractivity contribution in [3.05, 3.63) is 29.8 Å². The van der Waals surface area contributed by atoms with E-state index in [1.807, 2.05) is 0 Å². The summed E-state index contributed by atoms with van der Waals surface area (Å²) < 4.78 is 61.2. The van der Waals surface area contributed by atoms with Gasteiger partial charge >= 0.3 is 31.6 Å². The first-order valence-electron chi connectivity index (χ1n) is 26.2. The van der Waals surface area contributed by atoms with Gasteiger partial charge in [-0.1, -0.05) is 12.8 Å². The molecule has 0 aromatic carbocycles. The van der Waals surface area contributed by atoms with Crippen LogP contribution in [0.4, 0.5) is 4.39 Å². The van der Waals surface area contributed by atoms with Gasteiger partial charge in [0.2, 0.25) is 23.7 Å². The first-order valence-corrected chi connectivity index (χ1v) is 27.8. The van der Waals surface area contributed by atoms with Gasteiger partial charge in [-0.2, -0.15) is 4.39 Å². The zero-order chi connectivity index (χ0) is 58.1. The molecule has 0 saturated heterocycles. The van der Waals surface area contributed by atoms with Gasteiger partial charge < -0.3 is 40.2 Å². The maximum absolute atomic E-state index is 14.4. The third-order valence-electron chi connectivity index (χ3n) is 9.83. The van der Waals surface area contributed by atoms with Gasteiger partial charge in [0.25, 0.3) is 5.91 Å². The second kappa shape index (κ2) is 32.0. The lowest BCUT2D eigenvalue weighted by molar-refractivity contribution is -0.160. The number of unbranched alkanes of at least 4 members (excludes halogenated alkanes) is 4. The van der Waals surface area contributed by atoms with Gasteiger partial charge in [-0.05, 0) is 167 Å². The van der Waals surface area contributed by atoms with Gasteiger partial charge in [-0.25, -0.2) is 24.2 Å². The number of hydrogen-bond donors (Lipinski definition) is 5. The van der Waals surface area contributed by atoms with Crippen LogP contribution in [0.15, 0.2) is 18.3 Å². The Bertz CT molecular complexity index is 2090. The highest BCUT2D eigenvalue weighted by Gasteiger charge is 2.39. The van der Waals surface area contributed by atoms with Crippen LogP contribution in [0.2, 0.25) is 0 Å². The van der Waals surface area contributed by atoms with E-state index in [1.54, 1.807) is 104 Å². The highest BCUT2D eigenvalue weighted by atomic mass is 31.2. The van der Waals surface area contributed by atoms with Crippen LogP contribution in [0.1, 0.15) is 204 Å². The minimum atomic E-state index is -4.37. The molecular formula is C53H90FN6O15P. The standard InChI is InChI=1S/C53H90FN6O15P/c1-49(2,3)71-44(64)31-28-39(48(68)74-52(10,11)12)60-76(69,75-53(13,14)15)70-34-22-23-37(46(66)72-50(4,5)6)58-43(63)30-27-38(47(67)73-51(7,8)9)59-42(62)25-19-17-20-32-55-41(61)24-18-16-21-33-56-45(65)36-26-29-40(54)57-35-36/h26,29,35,37-39H,16-25,27-28,30-34H2,1-15H3,(H,55,61)(H,56,65)(H,58,63)(H,59,62)(H,60,69)/t37-,38-,39-,76?/m0/s1. The van der Waals surface area contributed by atoms with E-state index in [1.165, 1.54) is 6.07 Å². The monoisotopic (exact) mass is 1100 g/mol. The molecule has 5 N–H and O–H groups in total. The molecule has 0 bridgehead atoms. The minimum absolute atomic E-state index is 0.0196. The van der Waals surface area contributed by atoms with E-state index in [0.29, 0.717) is 58.0 Å². The summed E-state index contributed by atoms with van der Waals surface area (Å²) in [4.78, 5) is 107. The Balaban J connectivity index is 2.88. The van der Waals surface area contributed by atoms with Gasteiger partial charge in [-0.15, -0.1) is 0 Å². The van der Waals surface area contributed by atoms with Gasteiger partial charge in [-0.3, -0.25) is 37.8 Å². The smallest absolute Gasteiger partial charge is 0.406 e. The van der Waals surface area contributed by atoms with Crippen molar-refractivity contribution in [3.63, 3.8) is 0 Å². The maximum Gasteiger partial charge on any atom is 0.406 e. The highest BCUT2D eigenvalue weighted by molar-refractivity contribution is 7.51. The normalized spacial score (nSPS) is 14.2. The van der Waals surface area contributed by atoms with E-state index in [0.717, 1.165) is 12.3 Å². The average Bonchev–Trinajstić information content (AvgIpc) is 3.24. The van der Waals surface area contributed by atoms with Crippen molar-refractivity contribution in [1.29, 1.82) is 0 Å². The van der Waals surface area contributed by atoms with Gasteiger partial charge in [0.15, 0.2) is 0 Å². The lowest BCUT2D eigenvalue weighted by atomic mass is 10.1.